The van der Waals surface area contributed by atoms with E-state index in [2.05, 4.69) is 5.32 Å². The second-order valence-electron chi connectivity index (χ2n) is 4.60. The van der Waals surface area contributed by atoms with E-state index in [0.717, 1.165) is 5.56 Å². The van der Waals surface area contributed by atoms with E-state index in [1.807, 2.05) is 13.0 Å². The molecule has 0 radical (unpaired) electrons. The van der Waals surface area contributed by atoms with Crippen LogP contribution in [-0.4, -0.2) is 34.6 Å². The minimum absolute atomic E-state index is 0.421. The Morgan fingerprint density at radius 1 is 1.47 bits per heavy atom. The summed E-state index contributed by atoms with van der Waals surface area (Å²) in [6, 6.07) is 4.12. The molecule has 2 amide bonds. The summed E-state index contributed by atoms with van der Waals surface area (Å²) in [5.74, 6) is -0.970. The van der Waals surface area contributed by atoms with Gasteiger partial charge >= 0.3 is 12.0 Å². The molecule has 0 bridgehead atoms. The van der Waals surface area contributed by atoms with Crippen molar-refractivity contribution in [2.75, 3.05) is 11.9 Å². The fraction of sp³-hybridized carbons (Fsp3) is 0.385. The predicted molar refractivity (Wildman–Crippen MR) is 72.6 cm³/mol. The number of carbonyl (C=O) groups excluding carboxylic acids is 1. The van der Waals surface area contributed by atoms with Crippen molar-refractivity contribution in [3.63, 3.8) is 0 Å². The monoisotopic (exact) mass is 282 g/mol. The number of carboxylic acid groups (broad SMARTS) is 1. The second kappa shape index (κ2) is 5.48. The Kier molecular flexibility index (Phi) is 3.95. The summed E-state index contributed by atoms with van der Waals surface area (Å²) < 4.78 is 0. The van der Waals surface area contributed by atoms with Gasteiger partial charge in [0.05, 0.1) is 10.7 Å². The number of aliphatic carboxylic acids is 1. The molecular formula is C13H15ClN2O3. The van der Waals surface area contributed by atoms with Gasteiger partial charge in [0.1, 0.15) is 6.04 Å². The highest BCUT2D eigenvalue weighted by atomic mass is 35.5. The third kappa shape index (κ3) is 2.98. The Bertz CT molecular complexity index is 519. The van der Waals surface area contributed by atoms with Crippen molar-refractivity contribution in [2.24, 2.45) is 0 Å². The lowest BCUT2D eigenvalue weighted by atomic mass is 10.2. The van der Waals surface area contributed by atoms with Gasteiger partial charge in [-0.3, -0.25) is 0 Å². The number of rotatable bonds is 2. The van der Waals surface area contributed by atoms with E-state index in [1.165, 1.54) is 4.90 Å². The topological polar surface area (TPSA) is 69.6 Å². The fourth-order valence-corrected chi connectivity index (χ4v) is 2.46. The molecule has 0 aliphatic carbocycles. The number of hydrogen-bond acceptors (Lipinski definition) is 2. The van der Waals surface area contributed by atoms with Crippen LogP contribution in [0.5, 0.6) is 0 Å². The summed E-state index contributed by atoms with van der Waals surface area (Å²) in [6.07, 6.45) is 1.19. The molecule has 1 saturated heterocycles. The van der Waals surface area contributed by atoms with E-state index in [4.69, 9.17) is 16.7 Å². The molecule has 5 nitrogen and oxygen atoms in total. The molecule has 1 aromatic carbocycles. The minimum Gasteiger partial charge on any atom is -0.480 e. The number of carboxylic acids is 1. The molecule has 1 aliphatic heterocycles. The number of anilines is 1. The van der Waals surface area contributed by atoms with Crippen molar-refractivity contribution in [1.29, 1.82) is 0 Å². The van der Waals surface area contributed by atoms with Crippen LogP contribution in [0.1, 0.15) is 18.4 Å². The number of hydrogen-bond donors (Lipinski definition) is 2. The number of nitrogens with zero attached hydrogens (tertiary/aromatic N) is 1. The first-order valence-corrected chi connectivity index (χ1v) is 6.43. The molecule has 19 heavy (non-hydrogen) atoms. The SMILES string of the molecule is Cc1ccc(NC(=O)N2CCCC2C(=O)O)c(Cl)c1. The summed E-state index contributed by atoms with van der Waals surface area (Å²) >= 11 is 6.03. The molecule has 2 N–H and O–H groups in total. The number of carbonyl (C=O) groups is 2. The maximum absolute atomic E-state index is 12.1. The van der Waals surface area contributed by atoms with Crippen molar-refractivity contribution in [3.05, 3.63) is 28.8 Å². The van der Waals surface area contributed by atoms with E-state index in [9.17, 15) is 9.59 Å². The summed E-state index contributed by atoms with van der Waals surface area (Å²) in [4.78, 5) is 24.4. The van der Waals surface area contributed by atoms with Crippen LogP contribution in [0.2, 0.25) is 5.02 Å². The molecule has 1 atom stereocenters. The Morgan fingerprint density at radius 2 is 2.21 bits per heavy atom. The molecule has 0 spiro atoms. The van der Waals surface area contributed by atoms with Crippen LogP contribution < -0.4 is 5.32 Å². The van der Waals surface area contributed by atoms with E-state index >= 15 is 0 Å². The van der Waals surface area contributed by atoms with Gasteiger partial charge in [0.15, 0.2) is 0 Å². The van der Waals surface area contributed by atoms with Crippen LogP contribution in [0.3, 0.4) is 0 Å². The lowest BCUT2D eigenvalue weighted by Crippen LogP contribution is -2.42. The second-order valence-corrected chi connectivity index (χ2v) is 5.01. The lowest BCUT2D eigenvalue weighted by molar-refractivity contribution is -0.141. The van der Waals surface area contributed by atoms with E-state index in [1.54, 1.807) is 12.1 Å². The van der Waals surface area contributed by atoms with Crippen LogP contribution in [0.25, 0.3) is 0 Å². The van der Waals surface area contributed by atoms with Crippen molar-refractivity contribution in [1.82, 2.24) is 4.90 Å². The Morgan fingerprint density at radius 3 is 2.84 bits per heavy atom. The van der Waals surface area contributed by atoms with Crippen LogP contribution >= 0.6 is 11.6 Å². The van der Waals surface area contributed by atoms with Crippen molar-refractivity contribution in [2.45, 2.75) is 25.8 Å². The summed E-state index contributed by atoms with van der Waals surface area (Å²) in [6.45, 7) is 2.35. The number of aryl methyl sites for hydroxylation is 1. The molecule has 1 aliphatic rings. The Balaban J connectivity index is 2.10. The van der Waals surface area contributed by atoms with Gasteiger partial charge in [-0.2, -0.15) is 0 Å². The van der Waals surface area contributed by atoms with Crippen LogP contribution in [0.15, 0.2) is 18.2 Å². The first-order valence-electron chi connectivity index (χ1n) is 6.05. The zero-order chi connectivity index (χ0) is 14.0. The average molecular weight is 283 g/mol. The summed E-state index contributed by atoms with van der Waals surface area (Å²) in [7, 11) is 0. The highest BCUT2D eigenvalue weighted by molar-refractivity contribution is 6.33. The van der Waals surface area contributed by atoms with Gasteiger partial charge in [-0.05, 0) is 37.5 Å². The smallest absolute Gasteiger partial charge is 0.326 e. The highest BCUT2D eigenvalue weighted by Gasteiger charge is 2.34. The molecule has 1 aromatic rings. The largest absolute Gasteiger partial charge is 0.480 e. The fourth-order valence-electron chi connectivity index (χ4n) is 2.18. The number of halogens is 1. The summed E-state index contributed by atoms with van der Waals surface area (Å²) in [5, 5.41) is 12.1. The molecule has 102 valence electrons. The maximum atomic E-state index is 12.1. The predicted octanol–water partition coefficient (Wildman–Crippen LogP) is 2.73. The number of benzene rings is 1. The molecule has 1 heterocycles. The number of urea groups is 1. The minimum atomic E-state index is -0.970. The van der Waals surface area contributed by atoms with Gasteiger partial charge in [-0.15, -0.1) is 0 Å². The average Bonchev–Trinajstić information content (AvgIpc) is 2.82. The quantitative estimate of drug-likeness (QED) is 0.876. The van der Waals surface area contributed by atoms with Gasteiger partial charge in [0.25, 0.3) is 0 Å². The first-order chi connectivity index (χ1) is 8.99. The lowest BCUT2D eigenvalue weighted by Gasteiger charge is -2.22. The molecule has 1 fully saturated rings. The molecular weight excluding hydrogens is 268 g/mol. The van der Waals surface area contributed by atoms with Gasteiger partial charge in [-0.25, -0.2) is 9.59 Å². The van der Waals surface area contributed by atoms with Gasteiger partial charge in [-0.1, -0.05) is 17.7 Å². The van der Waals surface area contributed by atoms with E-state index in [-0.39, 0.29) is 0 Å². The van der Waals surface area contributed by atoms with Gasteiger partial charge in [0, 0.05) is 6.54 Å². The molecule has 6 heteroatoms. The van der Waals surface area contributed by atoms with E-state index < -0.39 is 18.0 Å². The third-order valence-corrected chi connectivity index (χ3v) is 3.48. The number of amides is 2. The molecule has 2 rings (SSSR count). The molecule has 0 aromatic heterocycles. The van der Waals surface area contributed by atoms with E-state index in [0.29, 0.717) is 30.1 Å². The van der Waals surface area contributed by atoms with Crippen LogP contribution in [-0.2, 0) is 4.79 Å². The molecule has 0 saturated carbocycles. The van der Waals surface area contributed by atoms with Crippen molar-refractivity contribution >= 4 is 29.3 Å². The normalized spacial score (nSPS) is 18.4. The number of likely N-dealkylation sites (tertiary alicyclic amines) is 1. The number of nitrogens with one attached hydrogen (secondary N) is 1. The van der Waals surface area contributed by atoms with Crippen molar-refractivity contribution < 1.29 is 14.7 Å². The highest BCUT2D eigenvalue weighted by Crippen LogP contribution is 2.24. The van der Waals surface area contributed by atoms with Crippen molar-refractivity contribution in [3.8, 4) is 0 Å². The third-order valence-electron chi connectivity index (χ3n) is 3.16. The van der Waals surface area contributed by atoms with Crippen LogP contribution in [0, 0.1) is 6.92 Å². The Labute approximate surface area is 116 Å². The Hall–Kier alpha value is -1.75. The van der Waals surface area contributed by atoms with Gasteiger partial charge in [0.2, 0.25) is 0 Å². The first kappa shape index (κ1) is 13.7. The zero-order valence-electron chi connectivity index (χ0n) is 10.5. The molecule has 1 unspecified atom stereocenters. The maximum Gasteiger partial charge on any atom is 0.326 e. The van der Waals surface area contributed by atoms with Crippen LogP contribution in [0.4, 0.5) is 10.5 Å². The standard InChI is InChI=1S/C13H15ClN2O3/c1-8-4-5-10(9(14)7-8)15-13(19)16-6-2-3-11(16)12(17)18/h4-5,7,11H,2-3,6H2,1H3,(H,15,19)(H,17,18). The zero-order valence-corrected chi connectivity index (χ0v) is 11.3. The summed E-state index contributed by atoms with van der Waals surface area (Å²) in [5.41, 5.74) is 1.49. The van der Waals surface area contributed by atoms with Gasteiger partial charge < -0.3 is 15.3 Å².